The smallest absolute Gasteiger partial charge is 0.191 e. The van der Waals surface area contributed by atoms with Crippen LogP contribution in [0.5, 0.6) is 5.75 Å². The summed E-state index contributed by atoms with van der Waals surface area (Å²) in [7, 11) is 3.52. The molecule has 1 heterocycles. The van der Waals surface area contributed by atoms with Crippen molar-refractivity contribution in [2.75, 3.05) is 60.1 Å². The minimum atomic E-state index is 0.848. The van der Waals surface area contributed by atoms with Crippen molar-refractivity contribution in [2.24, 2.45) is 4.99 Å². The molecule has 0 aromatic heterocycles. The Balaban J connectivity index is 1.52. The summed E-state index contributed by atoms with van der Waals surface area (Å²) in [6, 6.07) is 8.32. The number of guanidine groups is 1. The number of morpholine rings is 1. The molecule has 1 aromatic carbocycles. The Labute approximate surface area is 151 Å². The molecule has 140 valence electrons. The van der Waals surface area contributed by atoms with Gasteiger partial charge < -0.3 is 20.1 Å². The van der Waals surface area contributed by atoms with E-state index in [0.29, 0.717) is 0 Å². The van der Waals surface area contributed by atoms with Crippen molar-refractivity contribution in [1.29, 1.82) is 0 Å². The van der Waals surface area contributed by atoms with E-state index < -0.39 is 0 Å². The second-order valence-electron chi connectivity index (χ2n) is 6.18. The third kappa shape index (κ3) is 7.75. The first-order valence-corrected chi connectivity index (χ1v) is 9.19. The fourth-order valence-electron chi connectivity index (χ4n) is 2.83. The van der Waals surface area contributed by atoms with Gasteiger partial charge in [-0.05, 0) is 37.0 Å². The van der Waals surface area contributed by atoms with Gasteiger partial charge in [-0.3, -0.25) is 9.89 Å². The molecule has 6 nitrogen and oxygen atoms in total. The Bertz CT molecular complexity index is 499. The molecule has 1 aliphatic heterocycles. The standard InChI is InChI=1S/C19H32N4O2/c1-20-19(22-11-12-23-13-15-25-16-14-23)21-10-4-3-5-17-6-8-18(24-2)9-7-17/h6-9H,3-5,10-16H2,1-2H3,(H2,20,21,22). The molecule has 2 rings (SSSR count). The third-order valence-electron chi connectivity index (χ3n) is 4.39. The van der Waals surface area contributed by atoms with Crippen LogP contribution in [-0.2, 0) is 11.2 Å². The Hall–Kier alpha value is -1.79. The molecule has 0 spiro atoms. The van der Waals surface area contributed by atoms with Gasteiger partial charge >= 0.3 is 0 Å². The van der Waals surface area contributed by atoms with Crippen LogP contribution in [0, 0.1) is 0 Å². The summed E-state index contributed by atoms with van der Waals surface area (Å²) in [4.78, 5) is 6.70. The van der Waals surface area contributed by atoms with E-state index in [1.807, 2.05) is 19.2 Å². The molecule has 0 unspecified atom stereocenters. The molecule has 1 fully saturated rings. The number of unbranched alkanes of at least 4 members (excludes halogenated alkanes) is 1. The lowest BCUT2D eigenvalue weighted by Gasteiger charge is -2.26. The first kappa shape index (κ1) is 19.5. The second kappa shape index (κ2) is 11.7. The van der Waals surface area contributed by atoms with Crippen LogP contribution in [-0.4, -0.2) is 71.0 Å². The molecule has 1 aliphatic rings. The molecular weight excluding hydrogens is 316 g/mol. The molecule has 0 saturated carbocycles. The number of hydrogen-bond acceptors (Lipinski definition) is 4. The number of methoxy groups -OCH3 is 1. The van der Waals surface area contributed by atoms with Gasteiger partial charge in [0.2, 0.25) is 0 Å². The maximum Gasteiger partial charge on any atom is 0.191 e. The van der Waals surface area contributed by atoms with Gasteiger partial charge in [-0.1, -0.05) is 12.1 Å². The Morgan fingerprint density at radius 3 is 2.52 bits per heavy atom. The number of aryl methyl sites for hydroxylation is 1. The molecule has 25 heavy (non-hydrogen) atoms. The van der Waals surface area contributed by atoms with Crippen LogP contribution < -0.4 is 15.4 Å². The summed E-state index contributed by atoms with van der Waals surface area (Å²) in [5.74, 6) is 1.80. The summed E-state index contributed by atoms with van der Waals surface area (Å²) in [6.45, 7) is 6.63. The van der Waals surface area contributed by atoms with Crippen LogP contribution in [0.1, 0.15) is 18.4 Å². The zero-order chi connectivity index (χ0) is 17.7. The summed E-state index contributed by atoms with van der Waals surface area (Å²) in [5.41, 5.74) is 1.36. The van der Waals surface area contributed by atoms with Gasteiger partial charge in [0.1, 0.15) is 5.75 Å². The van der Waals surface area contributed by atoms with Crippen LogP contribution in [0.2, 0.25) is 0 Å². The average Bonchev–Trinajstić information content (AvgIpc) is 2.67. The summed E-state index contributed by atoms with van der Waals surface area (Å²) in [6.07, 6.45) is 3.37. The lowest BCUT2D eigenvalue weighted by Crippen LogP contribution is -2.44. The largest absolute Gasteiger partial charge is 0.497 e. The Kier molecular flexibility index (Phi) is 9.15. The number of benzene rings is 1. The highest BCUT2D eigenvalue weighted by molar-refractivity contribution is 5.79. The van der Waals surface area contributed by atoms with E-state index in [1.165, 1.54) is 5.56 Å². The summed E-state index contributed by atoms with van der Waals surface area (Å²) in [5, 5.41) is 6.77. The Morgan fingerprint density at radius 1 is 1.12 bits per heavy atom. The highest BCUT2D eigenvalue weighted by Gasteiger charge is 2.09. The van der Waals surface area contributed by atoms with E-state index in [1.54, 1.807) is 7.11 Å². The van der Waals surface area contributed by atoms with E-state index >= 15 is 0 Å². The Morgan fingerprint density at radius 2 is 1.84 bits per heavy atom. The predicted molar refractivity (Wildman–Crippen MR) is 103 cm³/mol. The lowest BCUT2D eigenvalue weighted by molar-refractivity contribution is 0.0389. The number of rotatable bonds is 9. The fourth-order valence-corrected chi connectivity index (χ4v) is 2.83. The van der Waals surface area contributed by atoms with Gasteiger partial charge in [-0.2, -0.15) is 0 Å². The van der Waals surface area contributed by atoms with Crippen molar-refractivity contribution in [3.8, 4) is 5.75 Å². The van der Waals surface area contributed by atoms with Gasteiger partial charge in [0, 0.05) is 39.8 Å². The second-order valence-corrected chi connectivity index (χ2v) is 6.18. The van der Waals surface area contributed by atoms with Gasteiger partial charge in [-0.15, -0.1) is 0 Å². The number of hydrogen-bond donors (Lipinski definition) is 2. The monoisotopic (exact) mass is 348 g/mol. The van der Waals surface area contributed by atoms with Crippen LogP contribution >= 0.6 is 0 Å². The minimum Gasteiger partial charge on any atom is -0.497 e. The van der Waals surface area contributed by atoms with E-state index in [2.05, 4.69) is 32.7 Å². The lowest BCUT2D eigenvalue weighted by atomic mass is 10.1. The molecule has 0 radical (unpaired) electrons. The van der Waals surface area contributed by atoms with E-state index in [-0.39, 0.29) is 0 Å². The van der Waals surface area contributed by atoms with Crippen LogP contribution in [0.15, 0.2) is 29.3 Å². The molecular formula is C19H32N4O2. The van der Waals surface area contributed by atoms with Gasteiger partial charge in [0.25, 0.3) is 0 Å². The van der Waals surface area contributed by atoms with Crippen molar-refractivity contribution in [3.63, 3.8) is 0 Å². The maximum atomic E-state index is 5.36. The van der Waals surface area contributed by atoms with Crippen LogP contribution in [0.3, 0.4) is 0 Å². The van der Waals surface area contributed by atoms with Crippen LogP contribution in [0.25, 0.3) is 0 Å². The van der Waals surface area contributed by atoms with Crippen molar-refractivity contribution in [1.82, 2.24) is 15.5 Å². The fraction of sp³-hybridized carbons (Fsp3) is 0.632. The predicted octanol–water partition coefficient (Wildman–Crippen LogP) is 1.52. The van der Waals surface area contributed by atoms with Gasteiger partial charge in [0.15, 0.2) is 5.96 Å². The van der Waals surface area contributed by atoms with Crippen molar-refractivity contribution in [3.05, 3.63) is 29.8 Å². The SMILES string of the molecule is CN=C(NCCCCc1ccc(OC)cc1)NCCN1CCOCC1. The normalized spacial score (nSPS) is 15.8. The number of ether oxygens (including phenoxy) is 2. The highest BCUT2D eigenvalue weighted by atomic mass is 16.5. The highest BCUT2D eigenvalue weighted by Crippen LogP contribution is 2.12. The van der Waals surface area contributed by atoms with Gasteiger partial charge in [-0.25, -0.2) is 0 Å². The quantitative estimate of drug-likeness (QED) is 0.403. The van der Waals surface area contributed by atoms with E-state index in [9.17, 15) is 0 Å². The number of nitrogens with zero attached hydrogens (tertiary/aromatic N) is 2. The summed E-state index contributed by atoms with van der Waals surface area (Å²) >= 11 is 0. The van der Waals surface area contributed by atoms with Gasteiger partial charge in [0.05, 0.1) is 20.3 Å². The topological polar surface area (TPSA) is 58.1 Å². The first-order valence-electron chi connectivity index (χ1n) is 9.19. The zero-order valence-electron chi connectivity index (χ0n) is 15.6. The van der Waals surface area contributed by atoms with Crippen molar-refractivity contribution < 1.29 is 9.47 Å². The van der Waals surface area contributed by atoms with Crippen LogP contribution in [0.4, 0.5) is 0 Å². The maximum absolute atomic E-state index is 5.36. The summed E-state index contributed by atoms with van der Waals surface area (Å²) < 4.78 is 10.5. The number of nitrogens with one attached hydrogen (secondary N) is 2. The molecule has 0 atom stereocenters. The number of aliphatic imine (C=N–C) groups is 1. The molecule has 0 aliphatic carbocycles. The molecule has 1 aromatic rings. The molecule has 1 saturated heterocycles. The molecule has 6 heteroatoms. The first-order chi connectivity index (χ1) is 12.3. The average molecular weight is 348 g/mol. The molecule has 2 N–H and O–H groups in total. The van der Waals surface area contributed by atoms with Crippen molar-refractivity contribution in [2.45, 2.75) is 19.3 Å². The zero-order valence-corrected chi connectivity index (χ0v) is 15.6. The van der Waals surface area contributed by atoms with Crippen molar-refractivity contribution >= 4 is 5.96 Å². The minimum absolute atomic E-state index is 0.848. The molecule has 0 bridgehead atoms. The molecule has 0 amide bonds. The third-order valence-corrected chi connectivity index (χ3v) is 4.39. The van der Waals surface area contributed by atoms with E-state index in [4.69, 9.17) is 9.47 Å². The van der Waals surface area contributed by atoms with E-state index in [0.717, 1.165) is 76.9 Å².